The van der Waals surface area contributed by atoms with E-state index in [9.17, 15) is 0 Å². The molecule has 0 fully saturated rings. The fourth-order valence-electron chi connectivity index (χ4n) is 1.21. The molecule has 2 heterocycles. The SMILES string of the molecule is CCc1nc(-c2ncccn2)nc(Cl)c1I. The first-order valence-electron chi connectivity index (χ1n) is 4.71. The second-order valence-electron chi connectivity index (χ2n) is 3.02. The van der Waals surface area contributed by atoms with Gasteiger partial charge < -0.3 is 0 Å². The number of halogens is 2. The van der Waals surface area contributed by atoms with Gasteiger partial charge >= 0.3 is 0 Å². The number of rotatable bonds is 2. The van der Waals surface area contributed by atoms with Crippen LogP contribution < -0.4 is 0 Å². The van der Waals surface area contributed by atoms with Crippen LogP contribution in [0, 0.1) is 3.57 Å². The Morgan fingerprint density at radius 1 is 1.19 bits per heavy atom. The molecule has 0 saturated carbocycles. The van der Waals surface area contributed by atoms with Crippen molar-refractivity contribution >= 4 is 34.2 Å². The molecule has 0 aliphatic heterocycles. The predicted octanol–water partition coefficient (Wildman–Crippen LogP) is 2.75. The van der Waals surface area contributed by atoms with Crippen molar-refractivity contribution in [1.82, 2.24) is 19.9 Å². The van der Waals surface area contributed by atoms with Crippen LogP contribution in [0.25, 0.3) is 11.6 Å². The molecule has 16 heavy (non-hydrogen) atoms. The van der Waals surface area contributed by atoms with Crippen molar-refractivity contribution in [1.29, 1.82) is 0 Å². The van der Waals surface area contributed by atoms with E-state index in [1.165, 1.54) is 0 Å². The highest BCUT2D eigenvalue weighted by Crippen LogP contribution is 2.22. The van der Waals surface area contributed by atoms with Crippen LogP contribution in [-0.2, 0) is 6.42 Å². The largest absolute Gasteiger partial charge is 0.234 e. The molecule has 2 aromatic heterocycles. The van der Waals surface area contributed by atoms with E-state index in [2.05, 4.69) is 42.5 Å². The third-order valence-electron chi connectivity index (χ3n) is 1.98. The van der Waals surface area contributed by atoms with E-state index in [4.69, 9.17) is 11.6 Å². The maximum atomic E-state index is 6.03. The maximum Gasteiger partial charge on any atom is 0.199 e. The van der Waals surface area contributed by atoms with Crippen molar-refractivity contribution in [2.24, 2.45) is 0 Å². The summed E-state index contributed by atoms with van der Waals surface area (Å²) < 4.78 is 0.890. The van der Waals surface area contributed by atoms with Crippen molar-refractivity contribution in [2.75, 3.05) is 0 Å². The number of hydrogen-bond acceptors (Lipinski definition) is 4. The lowest BCUT2D eigenvalue weighted by atomic mass is 10.3. The van der Waals surface area contributed by atoms with Gasteiger partial charge in [0.05, 0.1) is 9.26 Å². The van der Waals surface area contributed by atoms with Crippen molar-refractivity contribution in [3.8, 4) is 11.6 Å². The Morgan fingerprint density at radius 3 is 2.50 bits per heavy atom. The zero-order valence-corrected chi connectivity index (χ0v) is 11.4. The summed E-state index contributed by atoms with van der Waals surface area (Å²) >= 11 is 8.18. The molecule has 2 aromatic rings. The summed E-state index contributed by atoms with van der Waals surface area (Å²) in [7, 11) is 0. The molecule has 0 radical (unpaired) electrons. The van der Waals surface area contributed by atoms with Crippen LogP contribution in [0.5, 0.6) is 0 Å². The van der Waals surface area contributed by atoms with Gasteiger partial charge in [-0.3, -0.25) is 0 Å². The fourth-order valence-corrected chi connectivity index (χ4v) is 2.02. The number of hydrogen-bond donors (Lipinski definition) is 0. The van der Waals surface area contributed by atoms with Crippen LogP contribution in [0.1, 0.15) is 12.6 Å². The van der Waals surface area contributed by atoms with E-state index < -0.39 is 0 Å². The lowest BCUT2D eigenvalue weighted by Gasteiger charge is -2.05. The summed E-state index contributed by atoms with van der Waals surface area (Å²) in [5.41, 5.74) is 0.919. The average Bonchev–Trinajstić information content (AvgIpc) is 2.33. The van der Waals surface area contributed by atoms with E-state index in [-0.39, 0.29) is 0 Å². The van der Waals surface area contributed by atoms with Gasteiger partial charge in [0.2, 0.25) is 0 Å². The van der Waals surface area contributed by atoms with Gasteiger partial charge in [-0.05, 0) is 35.1 Å². The Balaban J connectivity index is 2.55. The summed E-state index contributed by atoms with van der Waals surface area (Å²) in [6.07, 6.45) is 4.12. The zero-order chi connectivity index (χ0) is 11.5. The van der Waals surface area contributed by atoms with Gasteiger partial charge in [0.1, 0.15) is 5.15 Å². The molecule has 0 aliphatic carbocycles. The normalized spacial score (nSPS) is 10.4. The highest BCUT2D eigenvalue weighted by molar-refractivity contribution is 14.1. The zero-order valence-electron chi connectivity index (χ0n) is 8.48. The molecule has 82 valence electrons. The number of aromatic nitrogens is 4. The molecule has 0 amide bonds. The molecule has 0 atom stereocenters. The molecule has 0 unspecified atom stereocenters. The van der Waals surface area contributed by atoms with Gasteiger partial charge in [-0.2, -0.15) is 0 Å². The van der Waals surface area contributed by atoms with Gasteiger partial charge in [0.25, 0.3) is 0 Å². The van der Waals surface area contributed by atoms with Crippen LogP contribution in [0.3, 0.4) is 0 Å². The van der Waals surface area contributed by atoms with E-state index >= 15 is 0 Å². The topological polar surface area (TPSA) is 51.6 Å². The van der Waals surface area contributed by atoms with Gasteiger partial charge in [-0.25, -0.2) is 19.9 Å². The van der Waals surface area contributed by atoms with Gasteiger partial charge in [0.15, 0.2) is 11.6 Å². The van der Waals surface area contributed by atoms with Crippen molar-refractivity contribution < 1.29 is 0 Å². The molecular formula is C10H8ClIN4. The highest BCUT2D eigenvalue weighted by atomic mass is 127. The Kier molecular flexibility index (Phi) is 3.65. The van der Waals surface area contributed by atoms with Gasteiger partial charge in [0, 0.05) is 12.4 Å². The molecule has 0 aromatic carbocycles. The minimum absolute atomic E-state index is 0.454. The summed E-state index contributed by atoms with van der Waals surface area (Å²) in [5, 5.41) is 0.454. The third-order valence-corrected chi connectivity index (χ3v) is 3.71. The van der Waals surface area contributed by atoms with Crippen molar-refractivity contribution in [3.05, 3.63) is 32.9 Å². The lowest BCUT2D eigenvalue weighted by molar-refractivity contribution is 0.970. The molecule has 0 saturated heterocycles. The van der Waals surface area contributed by atoms with Crippen LogP contribution >= 0.6 is 34.2 Å². The lowest BCUT2D eigenvalue weighted by Crippen LogP contribution is -2.01. The molecular weight excluding hydrogens is 338 g/mol. The molecule has 2 rings (SSSR count). The summed E-state index contributed by atoms with van der Waals surface area (Å²) in [6, 6.07) is 1.75. The predicted molar refractivity (Wildman–Crippen MR) is 70.2 cm³/mol. The minimum Gasteiger partial charge on any atom is -0.234 e. The number of nitrogens with zero attached hydrogens (tertiary/aromatic N) is 4. The van der Waals surface area contributed by atoms with Crippen molar-refractivity contribution in [2.45, 2.75) is 13.3 Å². The molecule has 4 nitrogen and oxygen atoms in total. The minimum atomic E-state index is 0.454. The molecule has 0 spiro atoms. The van der Waals surface area contributed by atoms with Crippen LogP contribution in [0.4, 0.5) is 0 Å². The first-order valence-corrected chi connectivity index (χ1v) is 6.17. The van der Waals surface area contributed by atoms with Crippen molar-refractivity contribution in [3.63, 3.8) is 0 Å². The van der Waals surface area contributed by atoms with Gasteiger partial charge in [-0.15, -0.1) is 0 Å². The second-order valence-corrected chi connectivity index (χ2v) is 4.46. The van der Waals surface area contributed by atoms with E-state index in [1.807, 2.05) is 6.92 Å². The number of aryl methyl sites for hydroxylation is 1. The van der Waals surface area contributed by atoms with E-state index in [0.717, 1.165) is 15.7 Å². The Bertz CT molecular complexity index is 504. The maximum absolute atomic E-state index is 6.03. The second kappa shape index (κ2) is 5.01. The third kappa shape index (κ3) is 2.30. The van der Waals surface area contributed by atoms with E-state index in [1.54, 1.807) is 18.5 Å². The molecule has 0 bridgehead atoms. The highest BCUT2D eigenvalue weighted by Gasteiger charge is 2.11. The van der Waals surface area contributed by atoms with Gasteiger partial charge in [-0.1, -0.05) is 18.5 Å². The summed E-state index contributed by atoms with van der Waals surface area (Å²) in [5.74, 6) is 0.971. The fraction of sp³-hybridized carbons (Fsp3) is 0.200. The molecule has 0 N–H and O–H groups in total. The monoisotopic (exact) mass is 346 g/mol. The molecule has 6 heteroatoms. The Morgan fingerprint density at radius 2 is 1.88 bits per heavy atom. The Labute approximate surface area is 112 Å². The first-order chi connectivity index (χ1) is 7.72. The molecule has 0 aliphatic rings. The quantitative estimate of drug-likeness (QED) is 0.620. The average molecular weight is 347 g/mol. The standard InChI is InChI=1S/C10H8ClIN4/c1-2-6-7(12)8(11)16-10(15-6)9-13-4-3-5-14-9/h3-5H,2H2,1H3. The summed E-state index contributed by atoms with van der Waals surface area (Å²) in [4.78, 5) is 16.8. The van der Waals surface area contributed by atoms with Crippen LogP contribution in [-0.4, -0.2) is 19.9 Å². The van der Waals surface area contributed by atoms with Crippen LogP contribution in [0.2, 0.25) is 5.15 Å². The summed E-state index contributed by atoms with van der Waals surface area (Å²) in [6.45, 7) is 2.02. The van der Waals surface area contributed by atoms with E-state index in [0.29, 0.717) is 16.8 Å². The first kappa shape index (κ1) is 11.7. The smallest absolute Gasteiger partial charge is 0.199 e. The van der Waals surface area contributed by atoms with Crippen LogP contribution in [0.15, 0.2) is 18.5 Å². The Hall–Kier alpha value is -0.820.